The van der Waals surface area contributed by atoms with Gasteiger partial charge in [-0.2, -0.15) is 8.42 Å². The smallest absolute Gasteiger partial charge is 0.410 e. The van der Waals surface area contributed by atoms with E-state index in [4.69, 9.17) is 9.29 Å². The highest BCUT2D eigenvalue weighted by Crippen LogP contribution is 2.33. The summed E-state index contributed by atoms with van der Waals surface area (Å²) >= 11 is 0. The topological polar surface area (TPSA) is 122 Å². The minimum Gasteiger partial charge on any atom is -0.445 e. The van der Waals surface area contributed by atoms with E-state index in [1.165, 1.54) is 5.56 Å². The molecular weight excluding hydrogens is 458 g/mol. The second-order valence-electron chi connectivity index (χ2n) is 7.58. The number of carbonyl (C=O) groups excluding carboxylic acids is 1. The number of rotatable bonds is 6. The summed E-state index contributed by atoms with van der Waals surface area (Å²) in [7, 11) is -3.67. The number of hydrogen-bond donors (Lipinski definition) is 2. The number of ether oxygens (including phenoxy) is 1. The van der Waals surface area contributed by atoms with Crippen LogP contribution >= 0.6 is 0 Å². The first-order chi connectivity index (χ1) is 15.5. The van der Waals surface area contributed by atoms with E-state index in [0.717, 1.165) is 16.9 Å². The Morgan fingerprint density at radius 2 is 1.82 bits per heavy atom. The molecule has 182 valence electrons. The van der Waals surface area contributed by atoms with Crippen molar-refractivity contribution in [1.29, 1.82) is 0 Å². The van der Waals surface area contributed by atoms with Crippen LogP contribution in [0.1, 0.15) is 24.5 Å². The summed E-state index contributed by atoms with van der Waals surface area (Å²) in [5.74, 6) is -3.60. The van der Waals surface area contributed by atoms with Crippen molar-refractivity contribution >= 4 is 22.2 Å². The highest BCUT2D eigenvalue weighted by Gasteiger charge is 2.46. The minimum atomic E-state index is -3.67. The molecule has 1 amide bonds. The highest BCUT2D eigenvalue weighted by atomic mass is 32.2. The summed E-state index contributed by atoms with van der Waals surface area (Å²) in [6.07, 6.45) is 4.19. The Hall–Kier alpha value is -2.86. The fourth-order valence-electron chi connectivity index (χ4n) is 3.11. The van der Waals surface area contributed by atoms with Gasteiger partial charge in [-0.1, -0.05) is 31.2 Å². The molecule has 2 N–H and O–H groups in total. The standard InChI is InChI=1S/C20H24F2N4O2.CH4O3S/c1-2-15-4-6-16(7-5-15)13-28-19(27)26-11-8-17(20(21,22)14-26)12-25-18-23-9-3-10-24-18;1-5(2,3)4/h3-7,9-10,17H,2,8,11-14H2,1H3,(H,23,24,25);1H3,(H,2,3,4)/t17-;/m1./s1. The molecule has 33 heavy (non-hydrogen) atoms. The number of nitrogens with one attached hydrogen (secondary N) is 1. The zero-order valence-corrected chi connectivity index (χ0v) is 19.3. The molecule has 0 radical (unpaired) electrons. The quantitative estimate of drug-likeness (QED) is 0.597. The van der Waals surface area contributed by atoms with Crippen LogP contribution in [0, 0.1) is 5.92 Å². The molecule has 0 saturated carbocycles. The first kappa shape index (κ1) is 26.4. The Kier molecular flexibility index (Phi) is 9.47. The number of anilines is 1. The molecule has 0 unspecified atom stereocenters. The molecule has 0 bridgehead atoms. The van der Waals surface area contributed by atoms with Gasteiger partial charge in [0.2, 0.25) is 5.95 Å². The lowest BCUT2D eigenvalue weighted by molar-refractivity contribution is -0.102. The maximum Gasteiger partial charge on any atom is 0.410 e. The fourth-order valence-corrected chi connectivity index (χ4v) is 3.11. The number of aromatic nitrogens is 2. The molecule has 0 aliphatic carbocycles. The van der Waals surface area contributed by atoms with E-state index in [-0.39, 0.29) is 26.1 Å². The van der Waals surface area contributed by atoms with E-state index < -0.39 is 34.6 Å². The van der Waals surface area contributed by atoms with Gasteiger partial charge in [0.15, 0.2) is 0 Å². The average molecular weight is 487 g/mol. The summed E-state index contributed by atoms with van der Waals surface area (Å²) in [5, 5.41) is 2.83. The van der Waals surface area contributed by atoms with Crippen LogP contribution in [0.5, 0.6) is 0 Å². The summed E-state index contributed by atoms with van der Waals surface area (Å²) in [6, 6.07) is 9.34. The van der Waals surface area contributed by atoms with Gasteiger partial charge in [0.1, 0.15) is 6.61 Å². The molecule has 12 heteroatoms. The van der Waals surface area contributed by atoms with Crippen LogP contribution in [0.25, 0.3) is 0 Å². The summed E-state index contributed by atoms with van der Waals surface area (Å²) < 4.78 is 60.1. The van der Waals surface area contributed by atoms with Crippen molar-refractivity contribution in [2.24, 2.45) is 5.92 Å². The first-order valence-electron chi connectivity index (χ1n) is 10.3. The Morgan fingerprint density at radius 1 is 1.24 bits per heavy atom. The average Bonchev–Trinajstić information content (AvgIpc) is 2.76. The van der Waals surface area contributed by atoms with Gasteiger partial charge < -0.3 is 15.0 Å². The van der Waals surface area contributed by atoms with Crippen molar-refractivity contribution in [3.63, 3.8) is 0 Å². The molecular formula is C21H28F2N4O5S. The third-order valence-electron chi connectivity index (χ3n) is 4.87. The van der Waals surface area contributed by atoms with Gasteiger partial charge in [0, 0.05) is 31.4 Å². The van der Waals surface area contributed by atoms with Gasteiger partial charge in [-0.05, 0) is 30.0 Å². The predicted molar refractivity (Wildman–Crippen MR) is 119 cm³/mol. The van der Waals surface area contributed by atoms with Crippen molar-refractivity contribution in [2.45, 2.75) is 32.3 Å². The van der Waals surface area contributed by atoms with Crippen LogP contribution in [-0.4, -0.2) is 65.7 Å². The number of carbonyl (C=O) groups is 1. The molecule has 1 aliphatic rings. The molecule has 1 fully saturated rings. The second-order valence-corrected chi connectivity index (χ2v) is 9.05. The first-order valence-corrected chi connectivity index (χ1v) is 12.1. The summed E-state index contributed by atoms with van der Waals surface area (Å²) in [5.41, 5.74) is 2.02. The van der Waals surface area contributed by atoms with Gasteiger partial charge in [-0.3, -0.25) is 4.55 Å². The number of halogens is 2. The highest BCUT2D eigenvalue weighted by molar-refractivity contribution is 7.85. The third-order valence-corrected chi connectivity index (χ3v) is 4.87. The molecule has 3 rings (SSSR count). The lowest BCUT2D eigenvalue weighted by Crippen LogP contribution is -2.52. The predicted octanol–water partition coefficient (Wildman–Crippen LogP) is 3.25. The maximum absolute atomic E-state index is 14.5. The summed E-state index contributed by atoms with van der Waals surface area (Å²) in [4.78, 5) is 21.2. The third kappa shape index (κ3) is 9.66. The van der Waals surface area contributed by atoms with Crippen LogP contribution in [0.15, 0.2) is 42.7 Å². The molecule has 1 aliphatic heterocycles. The lowest BCUT2D eigenvalue weighted by atomic mass is 9.93. The number of likely N-dealkylation sites (tertiary alicyclic amines) is 1. The van der Waals surface area contributed by atoms with Crippen molar-refractivity contribution in [1.82, 2.24) is 14.9 Å². The molecule has 2 heterocycles. The van der Waals surface area contributed by atoms with Gasteiger partial charge in [0.25, 0.3) is 16.0 Å². The van der Waals surface area contributed by atoms with Crippen molar-refractivity contribution in [3.05, 3.63) is 53.9 Å². The normalized spacial score (nSPS) is 17.5. The monoisotopic (exact) mass is 486 g/mol. The zero-order chi connectivity index (χ0) is 24.5. The largest absolute Gasteiger partial charge is 0.445 e. The van der Waals surface area contributed by atoms with E-state index in [1.54, 1.807) is 18.5 Å². The van der Waals surface area contributed by atoms with E-state index in [1.807, 2.05) is 24.3 Å². The van der Waals surface area contributed by atoms with Crippen molar-refractivity contribution < 1.29 is 31.3 Å². The minimum absolute atomic E-state index is 0.0453. The van der Waals surface area contributed by atoms with Gasteiger partial charge >= 0.3 is 6.09 Å². The Bertz CT molecular complexity index is 983. The number of nitrogens with zero attached hydrogens (tertiary/aromatic N) is 3. The molecule has 1 aromatic heterocycles. The van der Waals surface area contributed by atoms with Crippen LogP contribution < -0.4 is 5.32 Å². The van der Waals surface area contributed by atoms with Crippen molar-refractivity contribution in [2.75, 3.05) is 31.2 Å². The van der Waals surface area contributed by atoms with Gasteiger partial charge in [0.05, 0.1) is 12.8 Å². The molecule has 1 saturated heterocycles. The summed E-state index contributed by atoms with van der Waals surface area (Å²) in [6.45, 7) is 1.75. The molecule has 1 atom stereocenters. The molecule has 9 nitrogen and oxygen atoms in total. The van der Waals surface area contributed by atoms with E-state index in [9.17, 15) is 22.0 Å². The number of piperidine rings is 1. The van der Waals surface area contributed by atoms with Gasteiger partial charge in [-0.25, -0.2) is 23.5 Å². The zero-order valence-electron chi connectivity index (χ0n) is 18.4. The van der Waals surface area contributed by atoms with E-state index >= 15 is 0 Å². The number of amides is 1. The van der Waals surface area contributed by atoms with Crippen LogP contribution in [-0.2, 0) is 27.9 Å². The molecule has 0 spiro atoms. The molecule has 1 aromatic carbocycles. The van der Waals surface area contributed by atoms with E-state index in [2.05, 4.69) is 22.2 Å². The Morgan fingerprint density at radius 3 is 2.36 bits per heavy atom. The Balaban J connectivity index is 0.000000696. The number of benzene rings is 1. The number of aryl methyl sites for hydroxylation is 1. The van der Waals surface area contributed by atoms with Crippen LogP contribution in [0.3, 0.4) is 0 Å². The molecule has 2 aromatic rings. The van der Waals surface area contributed by atoms with Crippen LogP contribution in [0.2, 0.25) is 0 Å². The number of alkyl halides is 2. The maximum atomic E-state index is 14.5. The fraction of sp³-hybridized carbons (Fsp3) is 0.476. The van der Waals surface area contributed by atoms with E-state index in [0.29, 0.717) is 12.2 Å². The lowest BCUT2D eigenvalue weighted by Gasteiger charge is -2.37. The Labute approximate surface area is 191 Å². The SMILES string of the molecule is CCc1ccc(COC(=O)N2CC[C@H](CNc3ncccn3)C(F)(F)C2)cc1.CS(=O)(=O)O. The second kappa shape index (κ2) is 11.8. The van der Waals surface area contributed by atoms with Crippen LogP contribution in [0.4, 0.5) is 19.5 Å². The number of hydrogen-bond acceptors (Lipinski definition) is 7. The van der Waals surface area contributed by atoms with Gasteiger partial charge in [-0.15, -0.1) is 0 Å². The van der Waals surface area contributed by atoms with Crippen molar-refractivity contribution in [3.8, 4) is 0 Å².